The number of anilines is 1. The summed E-state index contributed by atoms with van der Waals surface area (Å²) >= 11 is 4.91. The summed E-state index contributed by atoms with van der Waals surface area (Å²) in [4.78, 5) is 16.9. The molecule has 4 nitrogen and oxygen atoms in total. The maximum atomic E-state index is 12.6. The van der Waals surface area contributed by atoms with E-state index in [9.17, 15) is 4.79 Å². The molecule has 0 aliphatic heterocycles. The second kappa shape index (κ2) is 7.98. The van der Waals surface area contributed by atoms with Crippen LogP contribution >= 0.6 is 12.2 Å². The number of thiocarbonyl (C=S) groups is 1. The van der Waals surface area contributed by atoms with E-state index in [-0.39, 0.29) is 5.91 Å². The maximum Gasteiger partial charge on any atom is 0.253 e. The number of hydrogen-bond acceptors (Lipinski definition) is 3. The molecule has 1 aromatic carbocycles. The Hall–Kier alpha value is -1.62. The minimum Gasteiger partial charge on any atom is -0.393 e. The van der Waals surface area contributed by atoms with Crippen LogP contribution < -0.4 is 10.6 Å². The van der Waals surface area contributed by atoms with Crippen molar-refractivity contribution in [2.24, 2.45) is 11.7 Å². The van der Waals surface area contributed by atoms with Crippen LogP contribution in [-0.2, 0) is 0 Å². The zero-order valence-corrected chi connectivity index (χ0v) is 14.1. The standard InChI is InChI=1S/C16H25N3OS/c1-12(2)11-19(10-9-15(17)21)16(20)13-5-7-14(8-6-13)18(3)4/h5-8,12H,9-11H2,1-4H3,(H2,17,21). The van der Waals surface area contributed by atoms with Crippen molar-refractivity contribution < 1.29 is 4.79 Å². The van der Waals surface area contributed by atoms with Gasteiger partial charge in [-0.1, -0.05) is 26.1 Å². The minimum atomic E-state index is 0.0326. The largest absolute Gasteiger partial charge is 0.393 e. The van der Waals surface area contributed by atoms with Crippen molar-refractivity contribution in [3.05, 3.63) is 29.8 Å². The molecule has 0 bridgehead atoms. The van der Waals surface area contributed by atoms with Crippen molar-refractivity contribution in [1.82, 2.24) is 4.90 Å². The van der Waals surface area contributed by atoms with Crippen LogP contribution in [-0.4, -0.2) is 43.0 Å². The highest BCUT2D eigenvalue weighted by Crippen LogP contribution is 2.15. The van der Waals surface area contributed by atoms with Crippen LogP contribution in [0.3, 0.4) is 0 Å². The quantitative estimate of drug-likeness (QED) is 0.787. The number of hydrogen-bond donors (Lipinski definition) is 1. The molecule has 0 aromatic heterocycles. The van der Waals surface area contributed by atoms with E-state index in [2.05, 4.69) is 13.8 Å². The molecule has 0 fully saturated rings. The van der Waals surface area contributed by atoms with Crippen molar-refractivity contribution in [3.8, 4) is 0 Å². The molecular formula is C16H25N3OS. The molecule has 0 saturated heterocycles. The summed E-state index contributed by atoms with van der Waals surface area (Å²) in [6.45, 7) is 5.46. The Kier molecular flexibility index (Phi) is 6.62. The van der Waals surface area contributed by atoms with Gasteiger partial charge in [-0.25, -0.2) is 0 Å². The molecule has 2 N–H and O–H groups in total. The maximum absolute atomic E-state index is 12.6. The van der Waals surface area contributed by atoms with Gasteiger partial charge in [0.05, 0.1) is 4.99 Å². The lowest BCUT2D eigenvalue weighted by Crippen LogP contribution is -2.36. The van der Waals surface area contributed by atoms with Gasteiger partial charge in [-0.05, 0) is 30.2 Å². The van der Waals surface area contributed by atoms with Crippen LogP contribution in [0.2, 0.25) is 0 Å². The van der Waals surface area contributed by atoms with Crippen LogP contribution in [0.4, 0.5) is 5.69 Å². The molecule has 1 aromatic rings. The number of nitrogens with two attached hydrogens (primary N) is 1. The Morgan fingerprint density at radius 2 is 1.81 bits per heavy atom. The molecule has 0 saturated carbocycles. The van der Waals surface area contributed by atoms with Gasteiger partial charge in [0, 0.05) is 44.9 Å². The second-order valence-electron chi connectivity index (χ2n) is 5.80. The highest BCUT2D eigenvalue weighted by Gasteiger charge is 2.17. The first-order valence-electron chi connectivity index (χ1n) is 7.16. The Bertz CT molecular complexity index is 483. The predicted octanol–water partition coefficient (Wildman–Crippen LogP) is 2.53. The summed E-state index contributed by atoms with van der Waals surface area (Å²) < 4.78 is 0. The van der Waals surface area contributed by atoms with Crippen LogP contribution in [0, 0.1) is 5.92 Å². The normalized spacial score (nSPS) is 10.5. The fourth-order valence-electron chi connectivity index (χ4n) is 2.05. The first kappa shape index (κ1) is 17.4. The van der Waals surface area contributed by atoms with Gasteiger partial charge < -0.3 is 15.5 Å². The molecule has 0 aliphatic carbocycles. The number of benzene rings is 1. The summed E-state index contributed by atoms with van der Waals surface area (Å²) in [5.74, 6) is 0.437. The van der Waals surface area contributed by atoms with Gasteiger partial charge >= 0.3 is 0 Å². The van der Waals surface area contributed by atoms with Crippen LogP contribution in [0.5, 0.6) is 0 Å². The Morgan fingerprint density at radius 3 is 2.24 bits per heavy atom. The molecular weight excluding hydrogens is 282 g/mol. The average molecular weight is 307 g/mol. The summed E-state index contributed by atoms with van der Waals surface area (Å²) in [7, 11) is 3.95. The minimum absolute atomic E-state index is 0.0326. The van der Waals surface area contributed by atoms with E-state index in [0.717, 1.165) is 5.69 Å². The van der Waals surface area contributed by atoms with Gasteiger partial charge in [-0.3, -0.25) is 4.79 Å². The molecule has 0 aliphatic rings. The molecule has 0 radical (unpaired) electrons. The van der Waals surface area contributed by atoms with Gasteiger partial charge in [-0.15, -0.1) is 0 Å². The van der Waals surface area contributed by atoms with E-state index in [1.807, 2.05) is 48.2 Å². The lowest BCUT2D eigenvalue weighted by molar-refractivity contribution is 0.0741. The van der Waals surface area contributed by atoms with Gasteiger partial charge in [0.1, 0.15) is 0 Å². The van der Waals surface area contributed by atoms with Gasteiger partial charge in [0.2, 0.25) is 0 Å². The molecule has 0 spiro atoms. The number of rotatable bonds is 7. The Labute approximate surface area is 132 Å². The van der Waals surface area contributed by atoms with Crippen molar-refractivity contribution in [2.75, 3.05) is 32.1 Å². The summed E-state index contributed by atoms with van der Waals surface area (Å²) in [5.41, 5.74) is 7.32. The fourth-order valence-corrected chi connectivity index (χ4v) is 2.14. The third-order valence-electron chi connectivity index (χ3n) is 3.13. The summed E-state index contributed by atoms with van der Waals surface area (Å²) in [6, 6.07) is 7.64. The van der Waals surface area contributed by atoms with E-state index in [1.165, 1.54) is 0 Å². The van der Waals surface area contributed by atoms with Crippen molar-refractivity contribution >= 4 is 28.8 Å². The zero-order chi connectivity index (χ0) is 16.0. The van der Waals surface area contributed by atoms with E-state index in [1.54, 1.807) is 0 Å². The Morgan fingerprint density at radius 1 is 1.24 bits per heavy atom. The molecule has 21 heavy (non-hydrogen) atoms. The number of amides is 1. The smallest absolute Gasteiger partial charge is 0.253 e. The Balaban J connectivity index is 2.85. The number of carbonyl (C=O) groups is 1. The van der Waals surface area contributed by atoms with Gasteiger partial charge in [0.25, 0.3) is 5.91 Å². The fraction of sp³-hybridized carbons (Fsp3) is 0.500. The lowest BCUT2D eigenvalue weighted by Gasteiger charge is -2.25. The summed E-state index contributed by atoms with van der Waals surface area (Å²) in [5, 5.41) is 0. The topological polar surface area (TPSA) is 49.6 Å². The van der Waals surface area contributed by atoms with Crippen molar-refractivity contribution in [3.63, 3.8) is 0 Å². The monoisotopic (exact) mass is 307 g/mol. The third-order valence-corrected chi connectivity index (χ3v) is 3.34. The summed E-state index contributed by atoms with van der Waals surface area (Å²) in [6.07, 6.45) is 0.559. The molecule has 116 valence electrons. The van der Waals surface area contributed by atoms with Crippen LogP contribution in [0.1, 0.15) is 30.6 Å². The molecule has 1 amide bonds. The highest BCUT2D eigenvalue weighted by molar-refractivity contribution is 7.80. The van der Waals surface area contributed by atoms with Crippen molar-refractivity contribution in [1.29, 1.82) is 0 Å². The number of carbonyl (C=O) groups excluding carboxylic acids is 1. The van der Waals surface area contributed by atoms with Gasteiger partial charge in [-0.2, -0.15) is 0 Å². The van der Waals surface area contributed by atoms with E-state index < -0.39 is 0 Å². The molecule has 0 atom stereocenters. The molecule has 0 unspecified atom stereocenters. The molecule has 1 rings (SSSR count). The second-order valence-corrected chi connectivity index (χ2v) is 6.33. The average Bonchev–Trinajstić information content (AvgIpc) is 2.42. The zero-order valence-electron chi connectivity index (χ0n) is 13.3. The predicted molar refractivity (Wildman–Crippen MR) is 92.9 cm³/mol. The highest BCUT2D eigenvalue weighted by atomic mass is 32.1. The van der Waals surface area contributed by atoms with Crippen molar-refractivity contribution in [2.45, 2.75) is 20.3 Å². The van der Waals surface area contributed by atoms with E-state index in [4.69, 9.17) is 18.0 Å². The van der Waals surface area contributed by atoms with E-state index in [0.29, 0.717) is 36.0 Å². The first-order chi connectivity index (χ1) is 9.81. The van der Waals surface area contributed by atoms with E-state index >= 15 is 0 Å². The first-order valence-corrected chi connectivity index (χ1v) is 7.57. The van der Waals surface area contributed by atoms with Crippen LogP contribution in [0.15, 0.2) is 24.3 Å². The van der Waals surface area contributed by atoms with Gasteiger partial charge in [0.15, 0.2) is 0 Å². The lowest BCUT2D eigenvalue weighted by atomic mass is 10.1. The number of nitrogens with zero attached hydrogens (tertiary/aromatic N) is 2. The molecule has 5 heteroatoms. The van der Waals surface area contributed by atoms with Crippen LogP contribution in [0.25, 0.3) is 0 Å². The third kappa shape index (κ3) is 5.71. The molecule has 0 heterocycles. The SMILES string of the molecule is CC(C)CN(CCC(N)=S)C(=O)c1ccc(N(C)C)cc1.